The highest BCUT2D eigenvalue weighted by Crippen LogP contribution is 2.35. The zero-order chi connectivity index (χ0) is 11.4. The average Bonchev–Trinajstić information content (AvgIpc) is 2.18. The van der Waals surface area contributed by atoms with E-state index in [2.05, 4.69) is 0 Å². The van der Waals surface area contributed by atoms with E-state index in [-0.39, 0.29) is 11.4 Å². The number of nitro groups is 1. The number of ether oxygens (including phenoxy) is 1. The second-order valence-electron chi connectivity index (χ2n) is 3.20. The first-order valence-corrected chi connectivity index (χ1v) is 4.71. The molecule has 82 valence electrons. The number of anilines is 1. The van der Waals surface area contributed by atoms with Crippen molar-refractivity contribution in [2.45, 2.75) is 19.8 Å². The molecule has 0 amide bonds. The molecule has 0 bridgehead atoms. The van der Waals surface area contributed by atoms with Crippen molar-refractivity contribution in [1.82, 2.24) is 0 Å². The fraction of sp³-hybridized carbons (Fsp3) is 0.400. The topological polar surface area (TPSA) is 78.4 Å². The maximum atomic E-state index is 10.6. The van der Waals surface area contributed by atoms with Crippen molar-refractivity contribution in [3.05, 3.63) is 27.8 Å². The van der Waals surface area contributed by atoms with Crippen LogP contribution in [0.3, 0.4) is 0 Å². The molecule has 0 heterocycles. The summed E-state index contributed by atoms with van der Waals surface area (Å²) in [5, 5.41) is 10.6. The number of benzene rings is 1. The molecule has 0 unspecified atom stereocenters. The summed E-state index contributed by atoms with van der Waals surface area (Å²) in [5.74, 6) is 0.422. The van der Waals surface area contributed by atoms with E-state index in [1.165, 1.54) is 13.2 Å². The summed E-state index contributed by atoms with van der Waals surface area (Å²) >= 11 is 0. The van der Waals surface area contributed by atoms with Gasteiger partial charge in [0.25, 0.3) is 5.69 Å². The number of nitrogen functional groups attached to an aromatic ring is 1. The van der Waals surface area contributed by atoms with Gasteiger partial charge in [0.15, 0.2) is 11.4 Å². The van der Waals surface area contributed by atoms with Gasteiger partial charge in [0.1, 0.15) is 0 Å². The molecular weight excluding hydrogens is 196 g/mol. The summed E-state index contributed by atoms with van der Waals surface area (Å²) in [6.45, 7) is 2.02. The molecule has 1 aromatic rings. The Morgan fingerprint density at radius 2 is 2.20 bits per heavy atom. The van der Waals surface area contributed by atoms with Crippen molar-refractivity contribution in [2.75, 3.05) is 12.8 Å². The van der Waals surface area contributed by atoms with Gasteiger partial charge in [-0.15, -0.1) is 0 Å². The number of nitro benzene ring substituents is 1. The van der Waals surface area contributed by atoms with Crippen LogP contribution in [0.15, 0.2) is 12.1 Å². The number of nitrogens with zero attached hydrogens (tertiary/aromatic N) is 1. The van der Waals surface area contributed by atoms with Gasteiger partial charge in [-0.25, -0.2) is 0 Å². The third-order valence-corrected chi connectivity index (χ3v) is 2.17. The van der Waals surface area contributed by atoms with E-state index in [9.17, 15) is 10.1 Å². The second kappa shape index (κ2) is 4.63. The molecule has 0 aliphatic carbocycles. The van der Waals surface area contributed by atoms with Gasteiger partial charge in [-0.1, -0.05) is 13.3 Å². The van der Waals surface area contributed by atoms with Gasteiger partial charge in [0.05, 0.1) is 12.0 Å². The highest BCUT2D eigenvalue weighted by Gasteiger charge is 2.18. The lowest BCUT2D eigenvalue weighted by Crippen LogP contribution is -2.01. The first-order valence-electron chi connectivity index (χ1n) is 4.71. The lowest BCUT2D eigenvalue weighted by Gasteiger charge is -2.10. The predicted molar refractivity (Wildman–Crippen MR) is 58.1 cm³/mol. The number of rotatable bonds is 4. The van der Waals surface area contributed by atoms with Crippen molar-refractivity contribution in [2.24, 2.45) is 0 Å². The molecule has 0 spiro atoms. The van der Waals surface area contributed by atoms with Crippen LogP contribution in [0.4, 0.5) is 11.4 Å². The molecule has 0 aliphatic rings. The molecule has 5 nitrogen and oxygen atoms in total. The molecule has 0 saturated carbocycles. The fourth-order valence-electron chi connectivity index (χ4n) is 1.50. The van der Waals surface area contributed by atoms with Crippen LogP contribution >= 0.6 is 0 Å². The Labute approximate surface area is 88.0 Å². The Bertz CT molecular complexity index is 377. The van der Waals surface area contributed by atoms with E-state index in [0.29, 0.717) is 5.75 Å². The van der Waals surface area contributed by atoms with E-state index in [1.807, 2.05) is 6.92 Å². The van der Waals surface area contributed by atoms with E-state index < -0.39 is 4.92 Å². The summed E-state index contributed by atoms with van der Waals surface area (Å²) in [4.78, 5) is 10.1. The highest BCUT2D eigenvalue weighted by atomic mass is 16.6. The van der Waals surface area contributed by atoms with Crippen LogP contribution in [0.25, 0.3) is 0 Å². The monoisotopic (exact) mass is 210 g/mol. The van der Waals surface area contributed by atoms with E-state index >= 15 is 0 Å². The Morgan fingerprint density at radius 3 is 2.67 bits per heavy atom. The standard InChI is InChI=1S/C10H14N2O3/c1-3-4-7-5-6-8(12(13)14)9(11)10(7)15-2/h5-6H,3-4,11H2,1-2H3. The van der Waals surface area contributed by atoms with Crippen LogP contribution in [0.5, 0.6) is 5.75 Å². The minimum absolute atomic E-state index is 0.105. The number of hydrogen-bond donors (Lipinski definition) is 1. The zero-order valence-electron chi connectivity index (χ0n) is 8.82. The Balaban J connectivity index is 3.25. The molecule has 0 radical (unpaired) electrons. The molecular formula is C10H14N2O3. The summed E-state index contributed by atoms with van der Waals surface area (Å²) in [5.41, 5.74) is 6.56. The van der Waals surface area contributed by atoms with Crippen molar-refractivity contribution in [1.29, 1.82) is 0 Å². The first-order chi connectivity index (χ1) is 7.11. The highest BCUT2D eigenvalue weighted by molar-refractivity contribution is 5.69. The summed E-state index contributed by atoms with van der Waals surface area (Å²) < 4.78 is 5.09. The molecule has 15 heavy (non-hydrogen) atoms. The smallest absolute Gasteiger partial charge is 0.295 e. The second-order valence-corrected chi connectivity index (χ2v) is 3.20. The molecule has 1 rings (SSSR count). The predicted octanol–water partition coefficient (Wildman–Crippen LogP) is 2.14. The third kappa shape index (κ3) is 2.18. The van der Waals surface area contributed by atoms with Crippen LogP contribution in [0, 0.1) is 10.1 Å². The van der Waals surface area contributed by atoms with Gasteiger partial charge in [0, 0.05) is 6.07 Å². The average molecular weight is 210 g/mol. The molecule has 1 aromatic carbocycles. The molecule has 0 aliphatic heterocycles. The maximum absolute atomic E-state index is 10.6. The molecule has 0 saturated heterocycles. The number of methoxy groups -OCH3 is 1. The quantitative estimate of drug-likeness (QED) is 0.469. The van der Waals surface area contributed by atoms with Gasteiger partial charge in [-0.2, -0.15) is 0 Å². The molecule has 0 fully saturated rings. The van der Waals surface area contributed by atoms with Crippen LogP contribution in [-0.2, 0) is 6.42 Å². The van der Waals surface area contributed by atoms with Crippen LogP contribution in [-0.4, -0.2) is 12.0 Å². The Kier molecular flexibility index (Phi) is 3.49. The van der Waals surface area contributed by atoms with E-state index in [4.69, 9.17) is 10.5 Å². The summed E-state index contributed by atoms with van der Waals surface area (Å²) in [6.07, 6.45) is 1.74. The van der Waals surface area contributed by atoms with Gasteiger partial charge < -0.3 is 10.5 Å². The van der Waals surface area contributed by atoms with Gasteiger partial charge >= 0.3 is 0 Å². The van der Waals surface area contributed by atoms with E-state index in [0.717, 1.165) is 18.4 Å². The van der Waals surface area contributed by atoms with E-state index in [1.54, 1.807) is 6.07 Å². The maximum Gasteiger partial charge on any atom is 0.295 e. The SMILES string of the molecule is CCCc1ccc([N+](=O)[O-])c(N)c1OC. The third-order valence-electron chi connectivity index (χ3n) is 2.17. The van der Waals surface area contributed by atoms with Crippen molar-refractivity contribution in [3.8, 4) is 5.75 Å². The van der Waals surface area contributed by atoms with Crippen molar-refractivity contribution < 1.29 is 9.66 Å². The minimum atomic E-state index is -0.506. The number of nitrogens with two attached hydrogens (primary N) is 1. The van der Waals surface area contributed by atoms with Gasteiger partial charge in [0.2, 0.25) is 0 Å². The van der Waals surface area contributed by atoms with Crippen LogP contribution < -0.4 is 10.5 Å². The Hall–Kier alpha value is -1.78. The fourth-order valence-corrected chi connectivity index (χ4v) is 1.50. The summed E-state index contributed by atoms with van der Waals surface area (Å²) in [6, 6.07) is 3.11. The molecule has 5 heteroatoms. The van der Waals surface area contributed by atoms with Crippen molar-refractivity contribution >= 4 is 11.4 Å². The molecule has 0 aromatic heterocycles. The lowest BCUT2D eigenvalue weighted by atomic mass is 10.1. The largest absolute Gasteiger partial charge is 0.494 e. The normalized spacial score (nSPS) is 10.0. The number of hydrogen-bond acceptors (Lipinski definition) is 4. The van der Waals surface area contributed by atoms with Gasteiger partial charge in [-0.3, -0.25) is 10.1 Å². The first kappa shape index (κ1) is 11.3. The van der Waals surface area contributed by atoms with Gasteiger partial charge in [-0.05, 0) is 18.1 Å². The lowest BCUT2D eigenvalue weighted by molar-refractivity contribution is -0.384. The van der Waals surface area contributed by atoms with Crippen LogP contribution in [0.1, 0.15) is 18.9 Å². The Morgan fingerprint density at radius 1 is 1.53 bits per heavy atom. The minimum Gasteiger partial charge on any atom is -0.494 e. The summed E-state index contributed by atoms with van der Waals surface area (Å²) in [7, 11) is 1.47. The van der Waals surface area contributed by atoms with Crippen molar-refractivity contribution in [3.63, 3.8) is 0 Å². The molecule has 0 atom stereocenters. The van der Waals surface area contributed by atoms with Crippen LogP contribution in [0.2, 0.25) is 0 Å². The zero-order valence-corrected chi connectivity index (χ0v) is 8.82. The molecule has 2 N–H and O–H groups in total. The number of aryl methyl sites for hydroxylation is 1.